The second-order valence-electron chi connectivity index (χ2n) is 5.04. The summed E-state index contributed by atoms with van der Waals surface area (Å²) in [7, 11) is 0. The lowest BCUT2D eigenvalue weighted by Crippen LogP contribution is -2.19. The highest BCUT2D eigenvalue weighted by molar-refractivity contribution is 5.89. The zero-order valence-corrected chi connectivity index (χ0v) is 11.5. The number of nitrogens with zero attached hydrogens (tertiary/aromatic N) is 2. The standard InChI is InChI=1S/C14H22N4O/c1-2-14(19)16-13-10-9-12(17-18-13)15-11-7-5-3-4-6-8-11/h9-11H,2-8H2,1H3,(H,15,17)(H,16,18,19). The van der Waals surface area contributed by atoms with Gasteiger partial charge in [0.25, 0.3) is 0 Å². The van der Waals surface area contributed by atoms with Crippen LogP contribution >= 0.6 is 0 Å². The fourth-order valence-corrected chi connectivity index (χ4v) is 2.34. The number of hydrogen-bond donors (Lipinski definition) is 2. The molecule has 1 aliphatic rings. The van der Waals surface area contributed by atoms with Crippen molar-refractivity contribution in [3.05, 3.63) is 12.1 Å². The van der Waals surface area contributed by atoms with Crippen LogP contribution in [0.25, 0.3) is 0 Å². The highest BCUT2D eigenvalue weighted by atomic mass is 16.1. The van der Waals surface area contributed by atoms with Crippen LogP contribution < -0.4 is 10.6 Å². The van der Waals surface area contributed by atoms with Gasteiger partial charge in [0.05, 0.1) is 0 Å². The predicted octanol–water partition coefficient (Wildman–Crippen LogP) is 2.96. The molecule has 0 aliphatic heterocycles. The van der Waals surface area contributed by atoms with Crippen molar-refractivity contribution in [2.75, 3.05) is 10.6 Å². The van der Waals surface area contributed by atoms with Crippen molar-refractivity contribution in [1.29, 1.82) is 0 Å². The minimum absolute atomic E-state index is 0.0428. The van der Waals surface area contributed by atoms with E-state index in [2.05, 4.69) is 20.8 Å². The Kier molecular flexibility index (Phi) is 5.12. The largest absolute Gasteiger partial charge is 0.366 e. The van der Waals surface area contributed by atoms with Crippen LogP contribution in [-0.4, -0.2) is 22.1 Å². The van der Waals surface area contributed by atoms with Gasteiger partial charge >= 0.3 is 0 Å². The third-order valence-corrected chi connectivity index (χ3v) is 3.46. The van der Waals surface area contributed by atoms with Crippen LogP contribution in [0.5, 0.6) is 0 Å². The topological polar surface area (TPSA) is 66.9 Å². The summed E-state index contributed by atoms with van der Waals surface area (Å²) < 4.78 is 0. The van der Waals surface area contributed by atoms with Crippen LogP contribution in [0.3, 0.4) is 0 Å². The first-order valence-corrected chi connectivity index (χ1v) is 7.18. The minimum Gasteiger partial charge on any atom is -0.366 e. The van der Waals surface area contributed by atoms with Gasteiger partial charge in [-0.1, -0.05) is 32.6 Å². The van der Waals surface area contributed by atoms with Gasteiger partial charge in [-0.2, -0.15) is 0 Å². The monoisotopic (exact) mass is 262 g/mol. The Labute approximate surface area is 114 Å². The van der Waals surface area contributed by atoms with E-state index in [0.717, 1.165) is 5.82 Å². The summed E-state index contributed by atoms with van der Waals surface area (Å²) in [4.78, 5) is 11.2. The van der Waals surface area contributed by atoms with Crippen LogP contribution in [0.2, 0.25) is 0 Å². The van der Waals surface area contributed by atoms with E-state index in [-0.39, 0.29) is 5.91 Å². The van der Waals surface area contributed by atoms with E-state index < -0.39 is 0 Å². The Morgan fingerprint density at radius 2 is 1.79 bits per heavy atom. The Morgan fingerprint density at radius 3 is 2.37 bits per heavy atom. The number of carbonyl (C=O) groups excluding carboxylic acids is 1. The molecule has 2 rings (SSSR count). The summed E-state index contributed by atoms with van der Waals surface area (Å²) in [6.07, 6.45) is 8.11. The van der Waals surface area contributed by atoms with Crippen LogP contribution in [0.4, 0.5) is 11.6 Å². The van der Waals surface area contributed by atoms with E-state index >= 15 is 0 Å². The molecular weight excluding hydrogens is 240 g/mol. The molecular formula is C14H22N4O. The molecule has 1 aliphatic carbocycles. The Morgan fingerprint density at radius 1 is 1.16 bits per heavy atom. The Balaban J connectivity index is 1.88. The molecule has 1 saturated carbocycles. The number of nitrogens with one attached hydrogen (secondary N) is 2. The maximum absolute atomic E-state index is 11.2. The van der Waals surface area contributed by atoms with Gasteiger partial charge < -0.3 is 10.6 Å². The molecule has 19 heavy (non-hydrogen) atoms. The molecule has 0 aromatic carbocycles. The van der Waals surface area contributed by atoms with Crippen molar-refractivity contribution in [3.63, 3.8) is 0 Å². The first-order valence-electron chi connectivity index (χ1n) is 7.18. The molecule has 0 radical (unpaired) electrons. The second-order valence-corrected chi connectivity index (χ2v) is 5.04. The molecule has 0 bridgehead atoms. The highest BCUT2D eigenvalue weighted by Crippen LogP contribution is 2.20. The molecule has 1 fully saturated rings. The lowest BCUT2D eigenvalue weighted by Gasteiger charge is -2.16. The molecule has 1 aromatic heterocycles. The Hall–Kier alpha value is -1.65. The summed E-state index contributed by atoms with van der Waals surface area (Å²) in [5, 5.41) is 14.2. The van der Waals surface area contributed by atoms with E-state index in [1.807, 2.05) is 13.0 Å². The van der Waals surface area contributed by atoms with Gasteiger partial charge in [-0.25, -0.2) is 0 Å². The number of hydrogen-bond acceptors (Lipinski definition) is 4. The first kappa shape index (κ1) is 13.8. The highest BCUT2D eigenvalue weighted by Gasteiger charge is 2.12. The van der Waals surface area contributed by atoms with Gasteiger partial charge in [0.2, 0.25) is 5.91 Å². The van der Waals surface area contributed by atoms with Gasteiger partial charge in [0.1, 0.15) is 5.82 Å². The quantitative estimate of drug-likeness (QED) is 0.819. The fourth-order valence-electron chi connectivity index (χ4n) is 2.34. The number of amides is 1. The third kappa shape index (κ3) is 4.50. The smallest absolute Gasteiger partial charge is 0.225 e. The number of anilines is 2. The summed E-state index contributed by atoms with van der Waals surface area (Å²) in [6.45, 7) is 1.81. The predicted molar refractivity (Wildman–Crippen MR) is 76.1 cm³/mol. The van der Waals surface area contributed by atoms with Crippen LogP contribution in [0.15, 0.2) is 12.1 Å². The van der Waals surface area contributed by atoms with E-state index in [1.54, 1.807) is 6.07 Å². The zero-order valence-electron chi connectivity index (χ0n) is 11.5. The molecule has 2 N–H and O–H groups in total. The summed E-state index contributed by atoms with van der Waals surface area (Å²) in [6, 6.07) is 4.18. The zero-order chi connectivity index (χ0) is 13.5. The molecule has 5 heteroatoms. The molecule has 1 heterocycles. The van der Waals surface area contributed by atoms with E-state index in [9.17, 15) is 4.79 Å². The molecule has 0 saturated heterocycles. The van der Waals surface area contributed by atoms with Crippen molar-refractivity contribution in [3.8, 4) is 0 Å². The molecule has 1 aromatic rings. The summed E-state index contributed by atoms with van der Waals surface area (Å²) in [5.41, 5.74) is 0. The SMILES string of the molecule is CCC(=O)Nc1ccc(NC2CCCCCC2)nn1. The van der Waals surface area contributed by atoms with Gasteiger partial charge in [-0.3, -0.25) is 4.79 Å². The number of carbonyl (C=O) groups is 1. The van der Waals surface area contributed by atoms with Gasteiger partial charge in [0.15, 0.2) is 5.82 Å². The van der Waals surface area contributed by atoms with Crippen LogP contribution in [0, 0.1) is 0 Å². The lowest BCUT2D eigenvalue weighted by atomic mass is 10.1. The normalized spacial score (nSPS) is 16.7. The molecule has 0 spiro atoms. The van der Waals surface area contributed by atoms with Crippen LogP contribution in [-0.2, 0) is 4.79 Å². The maximum atomic E-state index is 11.2. The number of rotatable bonds is 4. The first-order chi connectivity index (χ1) is 9.28. The summed E-state index contributed by atoms with van der Waals surface area (Å²) in [5.74, 6) is 1.26. The molecule has 5 nitrogen and oxygen atoms in total. The van der Waals surface area contributed by atoms with Gasteiger partial charge in [-0.05, 0) is 25.0 Å². The van der Waals surface area contributed by atoms with Crippen molar-refractivity contribution < 1.29 is 4.79 Å². The lowest BCUT2D eigenvalue weighted by molar-refractivity contribution is -0.115. The van der Waals surface area contributed by atoms with Gasteiger partial charge in [0, 0.05) is 12.5 Å². The third-order valence-electron chi connectivity index (χ3n) is 3.46. The minimum atomic E-state index is -0.0428. The average Bonchev–Trinajstić information content (AvgIpc) is 2.69. The van der Waals surface area contributed by atoms with Crippen molar-refractivity contribution in [2.45, 2.75) is 57.9 Å². The number of aromatic nitrogens is 2. The molecule has 0 atom stereocenters. The van der Waals surface area contributed by atoms with Crippen LogP contribution in [0.1, 0.15) is 51.9 Å². The van der Waals surface area contributed by atoms with Gasteiger partial charge in [-0.15, -0.1) is 10.2 Å². The summed E-state index contributed by atoms with van der Waals surface area (Å²) >= 11 is 0. The molecule has 0 unspecified atom stereocenters. The second kappa shape index (κ2) is 7.07. The maximum Gasteiger partial charge on any atom is 0.225 e. The van der Waals surface area contributed by atoms with E-state index in [1.165, 1.54) is 38.5 Å². The molecule has 104 valence electrons. The Bertz CT molecular complexity index is 396. The van der Waals surface area contributed by atoms with Crippen molar-refractivity contribution >= 4 is 17.5 Å². The van der Waals surface area contributed by atoms with Crippen molar-refractivity contribution in [1.82, 2.24) is 10.2 Å². The van der Waals surface area contributed by atoms with Crippen molar-refractivity contribution in [2.24, 2.45) is 0 Å². The van der Waals surface area contributed by atoms with E-state index in [4.69, 9.17) is 0 Å². The van der Waals surface area contributed by atoms with E-state index in [0.29, 0.717) is 18.3 Å². The average molecular weight is 262 g/mol. The fraction of sp³-hybridized carbons (Fsp3) is 0.643. The molecule has 1 amide bonds.